The van der Waals surface area contributed by atoms with Crippen LogP contribution in [0.1, 0.15) is 29.5 Å². The molecule has 1 aliphatic rings. The molecule has 2 aromatic rings. The molecule has 2 aromatic carbocycles. The first-order chi connectivity index (χ1) is 11.3. The molecule has 0 bridgehead atoms. The Kier molecular flexibility index (Phi) is 7.57. The summed E-state index contributed by atoms with van der Waals surface area (Å²) in [5, 5.41) is 3.48. The van der Waals surface area contributed by atoms with Gasteiger partial charge in [-0.25, -0.2) is 0 Å². The molecule has 1 saturated heterocycles. The van der Waals surface area contributed by atoms with Gasteiger partial charge in [-0.3, -0.25) is 0 Å². The van der Waals surface area contributed by atoms with Crippen LogP contribution in [0.15, 0.2) is 48.5 Å². The molecule has 130 valence electrons. The Morgan fingerprint density at radius 2 is 1.92 bits per heavy atom. The van der Waals surface area contributed by atoms with Gasteiger partial charge in [0.2, 0.25) is 0 Å². The van der Waals surface area contributed by atoms with E-state index >= 15 is 0 Å². The number of para-hydroxylation sites is 1. The van der Waals surface area contributed by atoms with Crippen LogP contribution in [-0.2, 0) is 17.9 Å². The molecular weight excluding hydrogens is 322 g/mol. The van der Waals surface area contributed by atoms with Crippen LogP contribution in [0.4, 0.5) is 0 Å². The quantitative estimate of drug-likeness (QED) is 0.811. The lowest BCUT2D eigenvalue weighted by molar-refractivity contribution is 0.110. The van der Waals surface area contributed by atoms with Crippen molar-refractivity contribution in [2.24, 2.45) is 0 Å². The number of benzene rings is 2. The maximum absolute atomic E-state index is 6.01. The van der Waals surface area contributed by atoms with Gasteiger partial charge in [-0.05, 0) is 31.4 Å². The van der Waals surface area contributed by atoms with Gasteiger partial charge in [0.25, 0.3) is 0 Å². The van der Waals surface area contributed by atoms with E-state index in [0.29, 0.717) is 12.7 Å². The first kappa shape index (κ1) is 18.8. The lowest BCUT2D eigenvalue weighted by Crippen LogP contribution is -2.25. The van der Waals surface area contributed by atoms with Gasteiger partial charge in [0.1, 0.15) is 12.4 Å². The zero-order valence-electron chi connectivity index (χ0n) is 14.2. The Balaban J connectivity index is 0.00000208. The molecule has 1 unspecified atom stereocenters. The Labute approximate surface area is 150 Å². The van der Waals surface area contributed by atoms with E-state index in [-0.39, 0.29) is 12.4 Å². The van der Waals surface area contributed by atoms with Crippen LogP contribution in [0.3, 0.4) is 0 Å². The van der Waals surface area contributed by atoms with E-state index in [1.807, 2.05) is 12.1 Å². The van der Waals surface area contributed by atoms with E-state index in [4.69, 9.17) is 9.47 Å². The predicted molar refractivity (Wildman–Crippen MR) is 99.9 cm³/mol. The van der Waals surface area contributed by atoms with Gasteiger partial charge in [-0.1, -0.05) is 48.0 Å². The molecule has 3 nitrogen and oxygen atoms in total. The van der Waals surface area contributed by atoms with Gasteiger partial charge in [-0.15, -0.1) is 12.4 Å². The fourth-order valence-corrected chi connectivity index (χ4v) is 2.81. The minimum atomic E-state index is 0. The van der Waals surface area contributed by atoms with Gasteiger partial charge < -0.3 is 14.8 Å². The lowest BCUT2D eigenvalue weighted by atomic mass is 10.1. The number of ether oxygens (including phenoxy) is 2. The van der Waals surface area contributed by atoms with Gasteiger partial charge in [0.15, 0.2) is 0 Å². The van der Waals surface area contributed by atoms with Crippen LogP contribution in [0, 0.1) is 6.92 Å². The number of nitrogens with one attached hydrogen (secondary N) is 1. The van der Waals surface area contributed by atoms with E-state index in [9.17, 15) is 0 Å². The summed E-state index contributed by atoms with van der Waals surface area (Å²) in [5.41, 5.74) is 3.66. The summed E-state index contributed by atoms with van der Waals surface area (Å²) in [6.07, 6.45) is 2.72. The van der Waals surface area contributed by atoms with Crippen molar-refractivity contribution in [3.8, 4) is 5.75 Å². The van der Waals surface area contributed by atoms with Gasteiger partial charge in [0, 0.05) is 25.3 Å². The topological polar surface area (TPSA) is 30.5 Å². The number of hydrogen-bond donors (Lipinski definition) is 1. The van der Waals surface area contributed by atoms with Crippen LogP contribution < -0.4 is 10.1 Å². The van der Waals surface area contributed by atoms with Gasteiger partial charge in [0.05, 0.1) is 6.10 Å². The molecule has 1 heterocycles. The molecule has 0 saturated carbocycles. The third-order valence-corrected chi connectivity index (χ3v) is 4.20. The smallest absolute Gasteiger partial charge is 0.124 e. The minimum absolute atomic E-state index is 0. The van der Waals surface area contributed by atoms with Crippen LogP contribution in [-0.4, -0.2) is 19.3 Å². The molecule has 4 heteroatoms. The third-order valence-electron chi connectivity index (χ3n) is 4.20. The lowest BCUT2D eigenvalue weighted by Gasteiger charge is -2.14. The van der Waals surface area contributed by atoms with Crippen LogP contribution in [0.2, 0.25) is 0 Å². The molecular formula is C20H26ClNO2. The number of rotatable bonds is 7. The highest BCUT2D eigenvalue weighted by atomic mass is 35.5. The SMILES string of the molecule is Cc1ccc(COc2ccccc2CNCC2CCCO2)cc1.Cl. The monoisotopic (exact) mass is 347 g/mol. The van der Waals surface area contributed by atoms with Crippen molar-refractivity contribution in [3.05, 3.63) is 65.2 Å². The van der Waals surface area contributed by atoms with E-state index in [1.54, 1.807) is 0 Å². The average Bonchev–Trinajstić information content (AvgIpc) is 3.09. The highest BCUT2D eigenvalue weighted by Crippen LogP contribution is 2.20. The highest BCUT2D eigenvalue weighted by molar-refractivity contribution is 5.85. The molecule has 1 N–H and O–H groups in total. The number of aryl methyl sites for hydroxylation is 1. The van der Waals surface area contributed by atoms with E-state index < -0.39 is 0 Å². The van der Waals surface area contributed by atoms with Crippen LogP contribution in [0.5, 0.6) is 5.75 Å². The summed E-state index contributed by atoms with van der Waals surface area (Å²) in [6.45, 7) is 5.32. The predicted octanol–water partition coefficient (Wildman–Crippen LogP) is 4.26. The Morgan fingerprint density at radius 1 is 1.12 bits per heavy atom. The highest BCUT2D eigenvalue weighted by Gasteiger charge is 2.14. The van der Waals surface area contributed by atoms with Gasteiger partial charge >= 0.3 is 0 Å². The summed E-state index contributed by atoms with van der Waals surface area (Å²) in [6, 6.07) is 16.7. The van der Waals surface area contributed by atoms with Crippen molar-refractivity contribution in [2.45, 2.75) is 39.0 Å². The maximum Gasteiger partial charge on any atom is 0.124 e. The maximum atomic E-state index is 6.01. The zero-order valence-corrected chi connectivity index (χ0v) is 15.0. The molecule has 24 heavy (non-hydrogen) atoms. The second-order valence-electron chi connectivity index (χ2n) is 6.15. The fourth-order valence-electron chi connectivity index (χ4n) is 2.81. The van der Waals surface area contributed by atoms with Crippen molar-refractivity contribution in [3.63, 3.8) is 0 Å². The van der Waals surface area contributed by atoms with Crippen molar-refractivity contribution in [1.82, 2.24) is 5.32 Å². The second-order valence-corrected chi connectivity index (χ2v) is 6.15. The first-order valence-electron chi connectivity index (χ1n) is 8.40. The number of hydrogen-bond acceptors (Lipinski definition) is 3. The molecule has 1 aliphatic heterocycles. The molecule has 3 rings (SSSR count). The summed E-state index contributed by atoms with van der Waals surface area (Å²) in [5.74, 6) is 0.952. The normalized spacial score (nSPS) is 16.6. The van der Waals surface area contributed by atoms with Gasteiger partial charge in [-0.2, -0.15) is 0 Å². The molecule has 0 amide bonds. The van der Waals surface area contributed by atoms with E-state index in [0.717, 1.165) is 25.4 Å². The van der Waals surface area contributed by atoms with Crippen molar-refractivity contribution < 1.29 is 9.47 Å². The molecule has 1 atom stereocenters. The standard InChI is InChI=1S/C20H25NO2.ClH/c1-16-8-10-17(11-9-16)15-23-20-7-3-2-5-18(20)13-21-14-19-6-4-12-22-19;/h2-3,5,7-11,19,21H,4,6,12-15H2,1H3;1H. The fraction of sp³-hybridized carbons (Fsp3) is 0.400. The van der Waals surface area contributed by atoms with Crippen LogP contribution in [0.25, 0.3) is 0 Å². The molecule has 0 aromatic heterocycles. The van der Waals surface area contributed by atoms with E-state index in [2.05, 4.69) is 48.6 Å². The zero-order chi connectivity index (χ0) is 15.9. The molecule has 0 aliphatic carbocycles. The minimum Gasteiger partial charge on any atom is -0.489 e. The second kappa shape index (κ2) is 9.67. The average molecular weight is 348 g/mol. The van der Waals surface area contributed by atoms with Crippen molar-refractivity contribution in [1.29, 1.82) is 0 Å². The Bertz CT molecular complexity index is 609. The van der Waals surface area contributed by atoms with Crippen molar-refractivity contribution >= 4 is 12.4 Å². The summed E-state index contributed by atoms with van der Waals surface area (Å²) in [7, 11) is 0. The van der Waals surface area contributed by atoms with E-state index in [1.165, 1.54) is 29.5 Å². The number of halogens is 1. The first-order valence-corrected chi connectivity index (χ1v) is 8.40. The third kappa shape index (κ3) is 5.52. The Hall–Kier alpha value is -1.55. The van der Waals surface area contributed by atoms with Crippen molar-refractivity contribution in [2.75, 3.05) is 13.2 Å². The summed E-state index contributed by atoms with van der Waals surface area (Å²) >= 11 is 0. The molecule has 0 radical (unpaired) electrons. The largest absolute Gasteiger partial charge is 0.489 e. The summed E-state index contributed by atoms with van der Waals surface area (Å²) in [4.78, 5) is 0. The summed E-state index contributed by atoms with van der Waals surface area (Å²) < 4.78 is 11.7. The Morgan fingerprint density at radius 3 is 2.67 bits per heavy atom. The molecule has 1 fully saturated rings. The molecule has 0 spiro atoms. The van der Waals surface area contributed by atoms with Crippen LogP contribution >= 0.6 is 12.4 Å².